The lowest BCUT2D eigenvalue weighted by Gasteiger charge is -2.15. The minimum atomic E-state index is -0.358. The molecule has 0 saturated heterocycles. The first-order valence-electron chi connectivity index (χ1n) is 6.54. The zero-order valence-corrected chi connectivity index (χ0v) is 11.3. The van der Waals surface area contributed by atoms with Crippen LogP contribution in [0.25, 0.3) is 0 Å². The molecule has 7 nitrogen and oxygen atoms in total. The molecule has 1 aliphatic carbocycles. The van der Waals surface area contributed by atoms with Gasteiger partial charge < -0.3 is 9.84 Å². The Morgan fingerprint density at radius 1 is 1.40 bits per heavy atom. The quantitative estimate of drug-likeness (QED) is 0.903. The smallest absolute Gasteiger partial charge is 0.293 e. The molecule has 0 aliphatic heterocycles. The minimum Gasteiger partial charge on any atom is -0.339 e. The van der Waals surface area contributed by atoms with E-state index < -0.39 is 0 Å². The van der Waals surface area contributed by atoms with Crippen molar-refractivity contribution in [2.75, 3.05) is 0 Å². The third-order valence-electron chi connectivity index (χ3n) is 3.20. The number of aryl methyl sites for hydroxylation is 2. The second-order valence-corrected chi connectivity index (χ2v) is 4.98. The maximum Gasteiger partial charge on any atom is 0.293 e. The lowest BCUT2D eigenvalue weighted by Crippen LogP contribution is -2.32. The number of rotatable bonds is 4. The number of aromatic nitrogens is 4. The molecule has 20 heavy (non-hydrogen) atoms. The fraction of sp³-hybridized carbons (Fsp3) is 0.462. The number of carbonyl (C=O) groups is 1. The summed E-state index contributed by atoms with van der Waals surface area (Å²) in [6.07, 6.45) is 3.83. The molecule has 2 aromatic heterocycles. The number of nitrogens with one attached hydrogen (secondary N) is 1. The molecule has 1 aliphatic rings. The average Bonchev–Trinajstić information content (AvgIpc) is 3.17. The first-order chi connectivity index (χ1) is 9.63. The molecular formula is C13H15N5O2. The Kier molecular flexibility index (Phi) is 3.17. The molecule has 1 saturated carbocycles. The van der Waals surface area contributed by atoms with E-state index in [9.17, 15) is 4.79 Å². The summed E-state index contributed by atoms with van der Waals surface area (Å²) in [5, 5.41) is 6.52. The molecule has 2 heterocycles. The van der Waals surface area contributed by atoms with Crippen LogP contribution in [0.2, 0.25) is 0 Å². The lowest BCUT2D eigenvalue weighted by atomic mass is 10.1. The molecule has 1 N–H and O–H groups in total. The fourth-order valence-corrected chi connectivity index (χ4v) is 2.04. The van der Waals surface area contributed by atoms with E-state index in [0.29, 0.717) is 17.6 Å². The second kappa shape index (κ2) is 4.99. The minimum absolute atomic E-state index is 0.0424. The van der Waals surface area contributed by atoms with E-state index >= 15 is 0 Å². The van der Waals surface area contributed by atoms with E-state index in [0.717, 1.165) is 18.5 Å². The number of carbonyl (C=O) groups excluding carboxylic acids is 1. The van der Waals surface area contributed by atoms with Crippen molar-refractivity contribution in [3.05, 3.63) is 35.5 Å². The van der Waals surface area contributed by atoms with Gasteiger partial charge in [0.15, 0.2) is 5.82 Å². The van der Waals surface area contributed by atoms with Gasteiger partial charge in [-0.05, 0) is 31.7 Å². The van der Waals surface area contributed by atoms with Crippen LogP contribution in [0.15, 0.2) is 16.8 Å². The molecule has 0 bridgehead atoms. The zero-order chi connectivity index (χ0) is 14.1. The third kappa shape index (κ3) is 2.66. The molecule has 7 heteroatoms. The van der Waals surface area contributed by atoms with Gasteiger partial charge in [-0.3, -0.25) is 4.79 Å². The first kappa shape index (κ1) is 12.7. The Hall–Kier alpha value is -2.31. The number of hydrogen-bond acceptors (Lipinski definition) is 6. The van der Waals surface area contributed by atoms with Crippen LogP contribution in [-0.4, -0.2) is 26.0 Å². The van der Waals surface area contributed by atoms with Crippen LogP contribution in [-0.2, 0) is 0 Å². The third-order valence-corrected chi connectivity index (χ3v) is 3.20. The SMILES string of the molecule is Cc1ccnc(C(NC(=O)c2noc(C)n2)C2CC2)n1. The van der Waals surface area contributed by atoms with Gasteiger partial charge in [0.05, 0.1) is 6.04 Å². The first-order valence-corrected chi connectivity index (χ1v) is 6.54. The van der Waals surface area contributed by atoms with Gasteiger partial charge in [0, 0.05) is 18.8 Å². The zero-order valence-electron chi connectivity index (χ0n) is 11.3. The van der Waals surface area contributed by atoms with Crippen LogP contribution in [0.1, 0.15) is 46.9 Å². The van der Waals surface area contributed by atoms with Crippen LogP contribution in [0.4, 0.5) is 0 Å². The predicted octanol–water partition coefficient (Wildman–Crippen LogP) is 1.36. The molecular weight excluding hydrogens is 258 g/mol. The average molecular weight is 273 g/mol. The van der Waals surface area contributed by atoms with E-state index in [1.807, 2.05) is 13.0 Å². The van der Waals surface area contributed by atoms with Gasteiger partial charge >= 0.3 is 0 Å². The number of amides is 1. The summed E-state index contributed by atoms with van der Waals surface area (Å²) in [6, 6.07) is 1.64. The van der Waals surface area contributed by atoms with Crippen molar-refractivity contribution in [1.82, 2.24) is 25.4 Å². The molecule has 3 rings (SSSR count). The Morgan fingerprint density at radius 3 is 2.80 bits per heavy atom. The van der Waals surface area contributed by atoms with E-state index in [2.05, 4.69) is 25.4 Å². The highest BCUT2D eigenvalue weighted by atomic mass is 16.5. The van der Waals surface area contributed by atoms with Crippen LogP contribution < -0.4 is 5.32 Å². The van der Waals surface area contributed by atoms with Crippen LogP contribution in [0, 0.1) is 19.8 Å². The second-order valence-electron chi connectivity index (χ2n) is 4.98. The summed E-state index contributed by atoms with van der Waals surface area (Å²) in [6.45, 7) is 3.55. The molecule has 0 radical (unpaired) electrons. The maximum atomic E-state index is 12.1. The van der Waals surface area contributed by atoms with Crippen molar-refractivity contribution in [1.29, 1.82) is 0 Å². The number of nitrogens with zero attached hydrogens (tertiary/aromatic N) is 4. The number of hydrogen-bond donors (Lipinski definition) is 1. The van der Waals surface area contributed by atoms with E-state index in [1.54, 1.807) is 13.1 Å². The molecule has 0 spiro atoms. The summed E-state index contributed by atoms with van der Waals surface area (Å²) in [5.41, 5.74) is 0.880. The highest BCUT2D eigenvalue weighted by Crippen LogP contribution is 2.39. The van der Waals surface area contributed by atoms with Crippen molar-refractivity contribution in [3.63, 3.8) is 0 Å². The van der Waals surface area contributed by atoms with Crippen molar-refractivity contribution < 1.29 is 9.32 Å². The normalized spacial score (nSPS) is 15.9. The van der Waals surface area contributed by atoms with Gasteiger partial charge in [0.2, 0.25) is 5.89 Å². The summed E-state index contributed by atoms with van der Waals surface area (Å²) < 4.78 is 4.81. The molecule has 1 unspecified atom stereocenters. The standard InChI is InChI=1S/C13H15N5O2/c1-7-5-6-14-11(15-7)10(9-3-4-9)17-13(19)12-16-8(2)20-18-12/h5-6,9-10H,3-4H2,1-2H3,(H,17,19). The van der Waals surface area contributed by atoms with Crippen LogP contribution in [0.3, 0.4) is 0 Å². The largest absolute Gasteiger partial charge is 0.339 e. The highest BCUT2D eigenvalue weighted by Gasteiger charge is 2.36. The summed E-state index contributed by atoms with van der Waals surface area (Å²) in [5.74, 6) is 1.07. The summed E-state index contributed by atoms with van der Waals surface area (Å²) in [4.78, 5) is 24.7. The lowest BCUT2D eigenvalue weighted by molar-refractivity contribution is 0.0916. The Labute approximate surface area is 115 Å². The molecule has 1 atom stereocenters. The van der Waals surface area contributed by atoms with Gasteiger partial charge in [0.1, 0.15) is 0 Å². The molecule has 2 aromatic rings. The van der Waals surface area contributed by atoms with Crippen molar-refractivity contribution in [2.45, 2.75) is 32.7 Å². The topological polar surface area (TPSA) is 93.8 Å². The van der Waals surface area contributed by atoms with Crippen molar-refractivity contribution in [2.24, 2.45) is 5.92 Å². The Morgan fingerprint density at radius 2 is 2.20 bits per heavy atom. The summed E-state index contributed by atoms with van der Waals surface area (Å²) >= 11 is 0. The maximum absolute atomic E-state index is 12.1. The van der Waals surface area contributed by atoms with Gasteiger partial charge in [-0.25, -0.2) is 9.97 Å². The van der Waals surface area contributed by atoms with E-state index in [4.69, 9.17) is 4.52 Å². The molecule has 1 fully saturated rings. The Bertz CT molecular complexity index is 635. The van der Waals surface area contributed by atoms with Crippen molar-refractivity contribution >= 4 is 5.91 Å². The van der Waals surface area contributed by atoms with E-state index in [-0.39, 0.29) is 17.8 Å². The van der Waals surface area contributed by atoms with Crippen LogP contribution >= 0.6 is 0 Å². The van der Waals surface area contributed by atoms with Gasteiger partial charge in [-0.1, -0.05) is 5.16 Å². The van der Waals surface area contributed by atoms with Crippen molar-refractivity contribution in [3.8, 4) is 0 Å². The molecule has 104 valence electrons. The van der Waals surface area contributed by atoms with Gasteiger partial charge in [-0.15, -0.1) is 0 Å². The molecule has 1 amide bonds. The molecule has 0 aromatic carbocycles. The van der Waals surface area contributed by atoms with Gasteiger partial charge in [-0.2, -0.15) is 4.98 Å². The van der Waals surface area contributed by atoms with E-state index in [1.165, 1.54) is 0 Å². The van der Waals surface area contributed by atoms with Gasteiger partial charge in [0.25, 0.3) is 11.7 Å². The highest BCUT2D eigenvalue weighted by molar-refractivity contribution is 5.90. The summed E-state index contributed by atoms with van der Waals surface area (Å²) in [7, 11) is 0. The van der Waals surface area contributed by atoms with Crippen LogP contribution in [0.5, 0.6) is 0 Å². The monoisotopic (exact) mass is 273 g/mol. The fourth-order valence-electron chi connectivity index (χ4n) is 2.04. The predicted molar refractivity (Wildman–Crippen MR) is 68.7 cm³/mol. The Balaban J connectivity index is 1.80.